The van der Waals surface area contributed by atoms with E-state index in [1.54, 1.807) is 0 Å². The summed E-state index contributed by atoms with van der Waals surface area (Å²) in [5, 5.41) is 5.50. The lowest BCUT2D eigenvalue weighted by molar-refractivity contribution is -0.121. The predicted molar refractivity (Wildman–Crippen MR) is 111 cm³/mol. The van der Waals surface area contributed by atoms with Crippen molar-refractivity contribution in [3.63, 3.8) is 0 Å². The van der Waals surface area contributed by atoms with Crippen molar-refractivity contribution in [1.82, 2.24) is 14.8 Å². The van der Waals surface area contributed by atoms with Crippen molar-refractivity contribution in [3.8, 4) is 0 Å². The molecule has 1 saturated heterocycles. The number of hydrogen-bond donors (Lipinski definition) is 1. The van der Waals surface area contributed by atoms with E-state index in [9.17, 15) is 4.79 Å². The van der Waals surface area contributed by atoms with Crippen LogP contribution in [0.5, 0.6) is 0 Å². The zero-order valence-electron chi connectivity index (χ0n) is 16.1. The Kier molecular flexibility index (Phi) is 6.04. The Hall–Kier alpha value is -2.63. The van der Waals surface area contributed by atoms with Crippen molar-refractivity contribution in [2.75, 3.05) is 39.4 Å². The number of nitrogens with zero attached hydrogens (tertiary/aromatic N) is 2. The van der Waals surface area contributed by atoms with Crippen molar-refractivity contribution in [3.05, 3.63) is 72.6 Å². The Morgan fingerprint density at radius 3 is 2.57 bits per heavy atom. The van der Waals surface area contributed by atoms with Crippen molar-refractivity contribution < 1.29 is 9.53 Å². The van der Waals surface area contributed by atoms with Gasteiger partial charge < -0.3 is 14.6 Å². The smallest absolute Gasteiger partial charge is 0.222 e. The summed E-state index contributed by atoms with van der Waals surface area (Å²) >= 11 is 0. The molecular formula is C23H27N3O2. The number of morpholine rings is 1. The van der Waals surface area contributed by atoms with Crippen molar-refractivity contribution >= 4 is 16.7 Å². The molecule has 1 aliphatic rings. The number of benzene rings is 2. The molecular weight excluding hydrogens is 350 g/mol. The number of fused-ring (bicyclic) bond motifs is 1. The first-order chi connectivity index (χ1) is 13.8. The monoisotopic (exact) mass is 377 g/mol. The van der Waals surface area contributed by atoms with E-state index in [4.69, 9.17) is 4.74 Å². The molecule has 0 radical (unpaired) electrons. The minimum atomic E-state index is -0.0236. The minimum Gasteiger partial charge on any atom is -0.379 e. The number of amides is 1. The van der Waals surface area contributed by atoms with Crippen LogP contribution < -0.4 is 5.32 Å². The average Bonchev–Trinajstić information content (AvgIpc) is 3.27. The molecule has 0 saturated carbocycles. The molecule has 28 heavy (non-hydrogen) atoms. The van der Waals surface area contributed by atoms with Crippen molar-refractivity contribution in [2.24, 2.45) is 0 Å². The first-order valence-corrected chi connectivity index (χ1v) is 9.98. The number of nitrogens with one attached hydrogen (secondary N) is 1. The number of carbonyl (C=O) groups excluding carboxylic acids is 1. The van der Waals surface area contributed by atoms with E-state index in [0.29, 0.717) is 13.0 Å². The van der Waals surface area contributed by atoms with E-state index in [-0.39, 0.29) is 11.9 Å². The van der Waals surface area contributed by atoms with Crippen LogP contribution in [0.1, 0.15) is 18.0 Å². The van der Waals surface area contributed by atoms with Gasteiger partial charge >= 0.3 is 0 Å². The fraction of sp³-hybridized carbons (Fsp3) is 0.348. The average molecular weight is 377 g/mol. The van der Waals surface area contributed by atoms with Crippen LogP contribution in [0.4, 0.5) is 0 Å². The summed E-state index contributed by atoms with van der Waals surface area (Å²) in [6.07, 6.45) is 4.49. The molecule has 1 fully saturated rings. The fourth-order valence-corrected chi connectivity index (χ4v) is 3.90. The highest BCUT2D eigenvalue weighted by molar-refractivity contribution is 5.87. The summed E-state index contributed by atoms with van der Waals surface area (Å²) < 4.78 is 7.50. The third-order valence-corrected chi connectivity index (χ3v) is 5.40. The second kappa shape index (κ2) is 9.04. The minimum absolute atomic E-state index is 0.0236. The normalized spacial score (nSPS) is 16.1. The highest BCUT2D eigenvalue weighted by Gasteiger charge is 2.19. The van der Waals surface area contributed by atoms with E-state index in [0.717, 1.165) is 32.8 Å². The number of aromatic nitrogens is 1. The van der Waals surface area contributed by atoms with Gasteiger partial charge in [0.25, 0.3) is 0 Å². The molecule has 0 bridgehead atoms. The van der Waals surface area contributed by atoms with Crippen LogP contribution in [-0.2, 0) is 9.53 Å². The number of carbonyl (C=O) groups is 1. The number of rotatable bonds is 7. The third kappa shape index (κ3) is 4.43. The molecule has 1 aromatic heterocycles. The highest BCUT2D eigenvalue weighted by Crippen LogP contribution is 2.29. The van der Waals surface area contributed by atoms with Gasteiger partial charge in [-0.2, -0.15) is 0 Å². The maximum Gasteiger partial charge on any atom is 0.222 e. The molecule has 1 atom stereocenters. The second-order valence-electron chi connectivity index (χ2n) is 7.22. The van der Waals surface area contributed by atoms with Gasteiger partial charge in [-0.25, -0.2) is 0 Å². The summed E-state index contributed by atoms with van der Waals surface area (Å²) in [6.45, 7) is 5.00. The summed E-state index contributed by atoms with van der Waals surface area (Å²) in [6, 6.07) is 18.7. The van der Waals surface area contributed by atoms with E-state index in [1.807, 2.05) is 24.5 Å². The summed E-state index contributed by atoms with van der Waals surface area (Å²) in [5.41, 5.74) is 1.18. The lowest BCUT2D eigenvalue weighted by atomic mass is 9.96. The van der Waals surface area contributed by atoms with Gasteiger partial charge in [-0.15, -0.1) is 0 Å². The van der Waals surface area contributed by atoms with E-state index < -0.39 is 0 Å². The van der Waals surface area contributed by atoms with Crippen LogP contribution >= 0.6 is 0 Å². The largest absolute Gasteiger partial charge is 0.379 e. The Morgan fingerprint density at radius 1 is 1.00 bits per heavy atom. The van der Waals surface area contributed by atoms with Gasteiger partial charge in [0.05, 0.1) is 25.7 Å². The summed E-state index contributed by atoms with van der Waals surface area (Å²) in [7, 11) is 0. The summed E-state index contributed by atoms with van der Waals surface area (Å²) in [5.74, 6) is 0.0832. The Labute approximate surface area is 165 Å². The SMILES string of the molecule is O=C(C[C@@H](c1cccc2ccccc12)n1cccc1)NCCN1CCOCC1. The van der Waals surface area contributed by atoms with Gasteiger partial charge in [-0.3, -0.25) is 9.69 Å². The lowest BCUT2D eigenvalue weighted by Gasteiger charge is -2.26. The zero-order valence-corrected chi connectivity index (χ0v) is 16.1. The van der Waals surface area contributed by atoms with Gasteiger partial charge in [0, 0.05) is 38.6 Å². The van der Waals surface area contributed by atoms with Crippen molar-refractivity contribution in [1.29, 1.82) is 0 Å². The predicted octanol–water partition coefficient (Wildman–Crippen LogP) is 3.07. The summed E-state index contributed by atoms with van der Waals surface area (Å²) in [4.78, 5) is 15.1. The molecule has 2 heterocycles. The molecule has 5 heteroatoms. The molecule has 4 rings (SSSR count). The van der Waals surface area contributed by atoms with E-state index in [2.05, 4.69) is 57.2 Å². The molecule has 0 aliphatic carbocycles. The standard InChI is InChI=1S/C23H27N3O2/c27-23(24-10-13-25-14-16-28-17-15-25)18-22(26-11-3-4-12-26)21-9-5-7-19-6-1-2-8-20(19)21/h1-9,11-12,22H,10,13-18H2,(H,24,27)/t22-/m0/s1. The third-order valence-electron chi connectivity index (χ3n) is 5.40. The van der Waals surface area contributed by atoms with Gasteiger partial charge in [-0.1, -0.05) is 42.5 Å². The Bertz CT molecular complexity index is 896. The van der Waals surface area contributed by atoms with Gasteiger partial charge in [0.15, 0.2) is 0 Å². The van der Waals surface area contributed by atoms with Crippen LogP contribution in [0.15, 0.2) is 67.0 Å². The first-order valence-electron chi connectivity index (χ1n) is 9.98. The molecule has 1 amide bonds. The zero-order chi connectivity index (χ0) is 19.2. The highest BCUT2D eigenvalue weighted by atomic mass is 16.5. The Morgan fingerprint density at radius 2 is 1.75 bits per heavy atom. The van der Waals surface area contributed by atoms with E-state index >= 15 is 0 Å². The first kappa shape index (κ1) is 18.7. The van der Waals surface area contributed by atoms with Crippen molar-refractivity contribution in [2.45, 2.75) is 12.5 Å². The molecule has 1 N–H and O–H groups in total. The van der Waals surface area contributed by atoms with Crippen LogP contribution in [0, 0.1) is 0 Å². The van der Waals surface area contributed by atoms with Crippen LogP contribution in [-0.4, -0.2) is 54.8 Å². The molecule has 146 valence electrons. The van der Waals surface area contributed by atoms with Crippen LogP contribution in [0.25, 0.3) is 10.8 Å². The molecule has 5 nitrogen and oxygen atoms in total. The van der Waals surface area contributed by atoms with Crippen LogP contribution in [0.2, 0.25) is 0 Å². The lowest BCUT2D eigenvalue weighted by Crippen LogP contribution is -2.41. The van der Waals surface area contributed by atoms with Gasteiger partial charge in [0.2, 0.25) is 5.91 Å². The Balaban J connectivity index is 1.47. The quantitative estimate of drug-likeness (QED) is 0.688. The van der Waals surface area contributed by atoms with Crippen LogP contribution in [0.3, 0.4) is 0 Å². The number of hydrogen-bond acceptors (Lipinski definition) is 3. The molecule has 0 spiro atoms. The molecule has 2 aromatic carbocycles. The fourth-order valence-electron chi connectivity index (χ4n) is 3.90. The topological polar surface area (TPSA) is 46.5 Å². The van der Waals surface area contributed by atoms with E-state index in [1.165, 1.54) is 16.3 Å². The molecule has 1 aliphatic heterocycles. The van der Waals surface area contributed by atoms with Gasteiger partial charge in [-0.05, 0) is 28.5 Å². The second-order valence-corrected chi connectivity index (χ2v) is 7.22. The molecule has 0 unspecified atom stereocenters. The number of ether oxygens (including phenoxy) is 1. The van der Waals surface area contributed by atoms with Gasteiger partial charge in [0.1, 0.15) is 0 Å². The molecule has 3 aromatic rings. The maximum absolute atomic E-state index is 12.7. The maximum atomic E-state index is 12.7.